The Morgan fingerprint density at radius 1 is 1.16 bits per heavy atom. The standard InChI is InChI=1S/C21H23NO3/c1-5-17(15-10-9-13(2)14(3)11-15)22-21(23)19-12-16-7-6-8-18(24-4)20(16)25-19/h6-12,17H,5H2,1-4H3,(H,22,23)/t17-/m0/s1. The van der Waals surface area contributed by atoms with Gasteiger partial charge in [0.25, 0.3) is 5.91 Å². The number of methoxy groups -OCH3 is 1. The Balaban J connectivity index is 1.86. The first-order valence-electron chi connectivity index (χ1n) is 8.48. The molecule has 0 aliphatic heterocycles. The molecule has 2 aromatic carbocycles. The quantitative estimate of drug-likeness (QED) is 0.717. The molecule has 130 valence electrons. The molecule has 1 amide bonds. The Kier molecular flexibility index (Phi) is 4.79. The Bertz CT molecular complexity index is 911. The van der Waals surface area contributed by atoms with Gasteiger partial charge in [0.1, 0.15) is 0 Å². The number of rotatable bonds is 5. The van der Waals surface area contributed by atoms with Crippen LogP contribution in [-0.4, -0.2) is 13.0 Å². The van der Waals surface area contributed by atoms with Crippen LogP contribution in [0.25, 0.3) is 11.0 Å². The van der Waals surface area contributed by atoms with Gasteiger partial charge in [-0.2, -0.15) is 0 Å². The second kappa shape index (κ2) is 7.01. The van der Waals surface area contributed by atoms with Gasteiger partial charge in [-0.1, -0.05) is 37.3 Å². The summed E-state index contributed by atoms with van der Waals surface area (Å²) in [6.45, 7) is 6.22. The van der Waals surface area contributed by atoms with Crippen molar-refractivity contribution in [2.45, 2.75) is 33.2 Å². The first-order valence-corrected chi connectivity index (χ1v) is 8.48. The average Bonchev–Trinajstić information content (AvgIpc) is 3.06. The molecule has 0 spiro atoms. The number of benzene rings is 2. The van der Waals surface area contributed by atoms with Gasteiger partial charge in [0.05, 0.1) is 13.2 Å². The summed E-state index contributed by atoms with van der Waals surface area (Å²) in [6, 6.07) is 13.6. The predicted molar refractivity (Wildman–Crippen MR) is 99.2 cm³/mol. The van der Waals surface area contributed by atoms with E-state index in [0.717, 1.165) is 17.4 Å². The number of carbonyl (C=O) groups is 1. The number of fused-ring (bicyclic) bond motifs is 1. The van der Waals surface area contributed by atoms with Gasteiger partial charge >= 0.3 is 0 Å². The van der Waals surface area contributed by atoms with Gasteiger partial charge in [0, 0.05) is 5.39 Å². The van der Waals surface area contributed by atoms with E-state index in [9.17, 15) is 4.79 Å². The van der Waals surface area contributed by atoms with Crippen LogP contribution in [0.15, 0.2) is 46.9 Å². The fraction of sp³-hybridized carbons (Fsp3) is 0.286. The third kappa shape index (κ3) is 3.38. The van der Waals surface area contributed by atoms with Gasteiger partial charge in [0.2, 0.25) is 0 Å². The van der Waals surface area contributed by atoms with Crippen LogP contribution in [0.5, 0.6) is 5.75 Å². The highest BCUT2D eigenvalue weighted by molar-refractivity contribution is 5.97. The van der Waals surface area contributed by atoms with Crippen LogP contribution in [-0.2, 0) is 0 Å². The lowest BCUT2D eigenvalue weighted by atomic mass is 9.99. The molecule has 25 heavy (non-hydrogen) atoms. The molecule has 0 saturated heterocycles. The van der Waals surface area contributed by atoms with E-state index in [4.69, 9.17) is 9.15 Å². The van der Waals surface area contributed by atoms with Gasteiger partial charge in [-0.05, 0) is 49.1 Å². The predicted octanol–water partition coefficient (Wildman–Crippen LogP) is 4.94. The molecule has 4 heteroatoms. The van der Waals surface area contributed by atoms with Crippen LogP contribution >= 0.6 is 0 Å². The molecule has 3 rings (SSSR count). The van der Waals surface area contributed by atoms with Gasteiger partial charge in [-0.15, -0.1) is 0 Å². The molecule has 0 radical (unpaired) electrons. The second-order valence-corrected chi connectivity index (χ2v) is 6.27. The topological polar surface area (TPSA) is 51.5 Å². The number of ether oxygens (including phenoxy) is 1. The first kappa shape index (κ1) is 17.1. The highest BCUT2D eigenvalue weighted by atomic mass is 16.5. The number of amides is 1. The maximum atomic E-state index is 12.7. The minimum absolute atomic E-state index is 0.0538. The zero-order valence-corrected chi connectivity index (χ0v) is 15.1. The third-order valence-corrected chi connectivity index (χ3v) is 4.60. The third-order valence-electron chi connectivity index (χ3n) is 4.60. The van der Waals surface area contributed by atoms with E-state index in [0.29, 0.717) is 17.1 Å². The van der Waals surface area contributed by atoms with E-state index >= 15 is 0 Å². The lowest BCUT2D eigenvalue weighted by Gasteiger charge is -2.18. The number of para-hydroxylation sites is 1. The fourth-order valence-corrected chi connectivity index (χ4v) is 2.94. The molecule has 0 unspecified atom stereocenters. The summed E-state index contributed by atoms with van der Waals surface area (Å²) in [6.07, 6.45) is 0.803. The van der Waals surface area contributed by atoms with Crippen molar-refractivity contribution < 1.29 is 13.9 Å². The summed E-state index contributed by atoms with van der Waals surface area (Å²) in [5.74, 6) is 0.697. The Morgan fingerprint density at radius 3 is 2.64 bits per heavy atom. The molecular formula is C21H23NO3. The second-order valence-electron chi connectivity index (χ2n) is 6.27. The van der Waals surface area contributed by atoms with Crippen LogP contribution in [0.2, 0.25) is 0 Å². The van der Waals surface area contributed by atoms with Crippen molar-refractivity contribution in [1.82, 2.24) is 5.32 Å². The Hall–Kier alpha value is -2.75. The minimum atomic E-state index is -0.219. The lowest BCUT2D eigenvalue weighted by molar-refractivity contribution is 0.0909. The van der Waals surface area contributed by atoms with Crippen LogP contribution in [0.3, 0.4) is 0 Å². The van der Waals surface area contributed by atoms with Gasteiger partial charge in [-0.3, -0.25) is 4.79 Å². The lowest BCUT2D eigenvalue weighted by Crippen LogP contribution is -2.27. The first-order chi connectivity index (χ1) is 12.0. The maximum Gasteiger partial charge on any atom is 0.287 e. The summed E-state index contributed by atoms with van der Waals surface area (Å²) in [4.78, 5) is 12.7. The van der Waals surface area contributed by atoms with Crippen LogP contribution in [0, 0.1) is 13.8 Å². The molecular weight excluding hydrogens is 314 g/mol. The highest BCUT2D eigenvalue weighted by Crippen LogP contribution is 2.29. The van der Waals surface area contributed by atoms with Crippen molar-refractivity contribution in [2.75, 3.05) is 7.11 Å². The minimum Gasteiger partial charge on any atom is -0.493 e. The van der Waals surface area contributed by atoms with Crippen molar-refractivity contribution in [3.05, 3.63) is 64.9 Å². The van der Waals surface area contributed by atoms with E-state index in [1.165, 1.54) is 11.1 Å². The average molecular weight is 337 g/mol. The summed E-state index contributed by atoms with van der Waals surface area (Å²) in [7, 11) is 1.59. The van der Waals surface area contributed by atoms with Crippen molar-refractivity contribution in [3.8, 4) is 5.75 Å². The molecule has 1 atom stereocenters. The van der Waals surface area contributed by atoms with Crippen molar-refractivity contribution in [2.24, 2.45) is 0 Å². The smallest absolute Gasteiger partial charge is 0.287 e. The molecule has 0 bridgehead atoms. The SMILES string of the molecule is CC[C@H](NC(=O)c1cc2cccc(OC)c2o1)c1ccc(C)c(C)c1. The number of hydrogen-bond acceptors (Lipinski definition) is 3. The summed E-state index contributed by atoms with van der Waals surface area (Å²) in [5, 5.41) is 3.92. The van der Waals surface area contributed by atoms with Gasteiger partial charge in [-0.25, -0.2) is 0 Å². The van der Waals surface area contributed by atoms with Gasteiger partial charge < -0.3 is 14.5 Å². The summed E-state index contributed by atoms with van der Waals surface area (Å²) < 4.78 is 11.0. The van der Waals surface area contributed by atoms with Crippen LogP contribution in [0.1, 0.15) is 46.6 Å². The van der Waals surface area contributed by atoms with E-state index in [2.05, 4.69) is 44.3 Å². The van der Waals surface area contributed by atoms with Crippen molar-refractivity contribution in [3.63, 3.8) is 0 Å². The van der Waals surface area contributed by atoms with E-state index in [1.54, 1.807) is 13.2 Å². The number of furan rings is 1. The summed E-state index contributed by atoms with van der Waals surface area (Å²) in [5.41, 5.74) is 4.16. The zero-order valence-electron chi connectivity index (χ0n) is 15.1. The molecule has 0 fully saturated rings. The molecule has 0 aliphatic carbocycles. The normalized spacial score (nSPS) is 12.2. The van der Waals surface area contributed by atoms with E-state index in [-0.39, 0.29) is 11.9 Å². The van der Waals surface area contributed by atoms with E-state index < -0.39 is 0 Å². The molecule has 0 aliphatic rings. The fourth-order valence-electron chi connectivity index (χ4n) is 2.94. The van der Waals surface area contributed by atoms with Crippen molar-refractivity contribution in [1.29, 1.82) is 0 Å². The largest absolute Gasteiger partial charge is 0.493 e. The van der Waals surface area contributed by atoms with Crippen LogP contribution in [0.4, 0.5) is 0 Å². The van der Waals surface area contributed by atoms with Crippen LogP contribution < -0.4 is 10.1 Å². The number of hydrogen-bond donors (Lipinski definition) is 1. The van der Waals surface area contributed by atoms with Gasteiger partial charge in [0.15, 0.2) is 17.1 Å². The number of nitrogens with one attached hydrogen (secondary N) is 1. The summed E-state index contributed by atoms with van der Waals surface area (Å²) >= 11 is 0. The zero-order chi connectivity index (χ0) is 18.0. The van der Waals surface area contributed by atoms with Crippen molar-refractivity contribution >= 4 is 16.9 Å². The monoisotopic (exact) mass is 337 g/mol. The Morgan fingerprint density at radius 2 is 1.96 bits per heavy atom. The maximum absolute atomic E-state index is 12.7. The number of carbonyl (C=O) groups excluding carboxylic acids is 1. The Labute approximate surface area is 147 Å². The molecule has 1 N–H and O–H groups in total. The highest BCUT2D eigenvalue weighted by Gasteiger charge is 2.19. The molecule has 3 aromatic rings. The molecule has 0 saturated carbocycles. The number of aryl methyl sites for hydroxylation is 2. The van der Waals surface area contributed by atoms with E-state index in [1.807, 2.05) is 18.2 Å². The molecule has 4 nitrogen and oxygen atoms in total. The molecule has 1 aromatic heterocycles. The molecule has 1 heterocycles.